The molecule has 2 unspecified atom stereocenters. The van der Waals surface area contributed by atoms with Gasteiger partial charge in [0.2, 0.25) is 0 Å². The molecule has 2 rings (SSSR count). The number of nitrogens with zero attached hydrogens (tertiary/aromatic N) is 1. The van der Waals surface area contributed by atoms with E-state index in [2.05, 4.69) is 10.3 Å². The van der Waals surface area contributed by atoms with Gasteiger partial charge >= 0.3 is 0 Å². The van der Waals surface area contributed by atoms with Gasteiger partial charge < -0.3 is 10.4 Å². The molecule has 1 heterocycles. The zero-order valence-corrected chi connectivity index (χ0v) is 13.7. The first-order chi connectivity index (χ1) is 10.4. The van der Waals surface area contributed by atoms with Crippen molar-refractivity contribution in [3.63, 3.8) is 0 Å². The van der Waals surface area contributed by atoms with Crippen molar-refractivity contribution in [1.29, 1.82) is 0 Å². The van der Waals surface area contributed by atoms with Gasteiger partial charge in [0.1, 0.15) is 0 Å². The smallest absolute Gasteiger partial charge is 0.255 e. The summed E-state index contributed by atoms with van der Waals surface area (Å²) in [4.78, 5) is 16.2. The molecule has 4 nitrogen and oxygen atoms in total. The topological polar surface area (TPSA) is 62.2 Å². The average Bonchev–Trinajstić information content (AvgIpc) is 2.45. The molecule has 1 aromatic heterocycles. The minimum Gasteiger partial charge on any atom is -0.391 e. The molecule has 0 radical (unpaired) electrons. The molecule has 116 valence electrons. The Bertz CT molecular complexity index is 652. The second-order valence-corrected chi connectivity index (χ2v) is 5.89. The third-order valence-corrected chi connectivity index (χ3v) is 3.86. The Labute approximate surface area is 139 Å². The van der Waals surface area contributed by atoms with Gasteiger partial charge in [0.05, 0.1) is 27.8 Å². The van der Waals surface area contributed by atoms with Crippen LogP contribution in [-0.4, -0.2) is 22.1 Å². The van der Waals surface area contributed by atoms with E-state index in [-0.39, 0.29) is 15.6 Å². The van der Waals surface area contributed by atoms with Gasteiger partial charge in [-0.25, -0.2) is 0 Å². The summed E-state index contributed by atoms with van der Waals surface area (Å²) in [6.45, 7) is 3.58. The van der Waals surface area contributed by atoms with Gasteiger partial charge in [-0.3, -0.25) is 9.78 Å². The van der Waals surface area contributed by atoms with E-state index in [4.69, 9.17) is 23.2 Å². The number of aliphatic hydroxyl groups excluding tert-OH is 1. The van der Waals surface area contributed by atoms with Crippen LogP contribution in [0.25, 0.3) is 0 Å². The number of nitrogens with one attached hydrogen (secondary N) is 1. The molecule has 0 saturated carbocycles. The fourth-order valence-electron chi connectivity index (χ4n) is 2.10. The van der Waals surface area contributed by atoms with E-state index in [9.17, 15) is 9.90 Å². The summed E-state index contributed by atoms with van der Waals surface area (Å²) < 4.78 is 0. The lowest BCUT2D eigenvalue weighted by Gasteiger charge is -2.22. The Morgan fingerprint density at radius 2 is 1.73 bits per heavy atom. The molecular weight excluding hydrogens is 323 g/mol. The number of hydrogen-bond acceptors (Lipinski definition) is 3. The number of rotatable bonds is 4. The maximum absolute atomic E-state index is 12.4. The van der Waals surface area contributed by atoms with Crippen molar-refractivity contribution in [2.75, 3.05) is 0 Å². The summed E-state index contributed by atoms with van der Waals surface area (Å²) in [6.07, 6.45) is 1.93. The molecule has 6 heteroatoms. The van der Waals surface area contributed by atoms with Gasteiger partial charge in [-0.15, -0.1) is 0 Å². The summed E-state index contributed by atoms with van der Waals surface area (Å²) in [5.74, 6) is -0.455. The first-order valence-corrected chi connectivity index (χ1v) is 7.50. The Balaban J connectivity index is 2.28. The minimum atomic E-state index is -0.772. The molecule has 0 saturated heterocycles. The molecule has 2 N–H and O–H groups in total. The number of hydrogen-bond donors (Lipinski definition) is 2. The van der Waals surface area contributed by atoms with E-state index >= 15 is 0 Å². The molecule has 0 aliphatic carbocycles. The van der Waals surface area contributed by atoms with Gasteiger partial charge in [0.15, 0.2) is 0 Å². The van der Waals surface area contributed by atoms with E-state index in [1.165, 1.54) is 12.4 Å². The lowest BCUT2D eigenvalue weighted by molar-refractivity contribution is 0.0858. The summed E-state index contributed by atoms with van der Waals surface area (Å²) in [6, 6.07) is 7.01. The normalized spacial score (nSPS) is 13.5. The lowest BCUT2D eigenvalue weighted by Crippen LogP contribution is -2.35. The maximum Gasteiger partial charge on any atom is 0.255 e. The Morgan fingerprint density at radius 3 is 2.23 bits per heavy atom. The van der Waals surface area contributed by atoms with E-state index in [0.717, 1.165) is 11.1 Å². The largest absolute Gasteiger partial charge is 0.391 e. The fourth-order valence-corrected chi connectivity index (χ4v) is 2.63. The molecule has 1 amide bonds. The van der Waals surface area contributed by atoms with Crippen LogP contribution in [0.4, 0.5) is 0 Å². The number of aromatic nitrogens is 1. The van der Waals surface area contributed by atoms with Crippen LogP contribution >= 0.6 is 23.2 Å². The SMILES string of the molecule is Cc1ccc(C(NC(=O)c2c(Cl)cncc2Cl)C(C)O)cc1. The highest BCUT2D eigenvalue weighted by Crippen LogP contribution is 2.25. The highest BCUT2D eigenvalue weighted by Gasteiger charge is 2.23. The van der Waals surface area contributed by atoms with Crippen LogP contribution in [0.15, 0.2) is 36.7 Å². The predicted molar refractivity (Wildman–Crippen MR) is 87.3 cm³/mol. The van der Waals surface area contributed by atoms with Gasteiger partial charge in [-0.05, 0) is 19.4 Å². The maximum atomic E-state index is 12.4. The van der Waals surface area contributed by atoms with Crippen LogP contribution in [0.3, 0.4) is 0 Å². The number of halogens is 2. The van der Waals surface area contributed by atoms with Crippen LogP contribution in [-0.2, 0) is 0 Å². The third kappa shape index (κ3) is 3.77. The summed E-state index contributed by atoms with van der Waals surface area (Å²) in [5.41, 5.74) is 2.05. The van der Waals surface area contributed by atoms with Crippen molar-refractivity contribution in [3.05, 3.63) is 63.4 Å². The van der Waals surface area contributed by atoms with Gasteiger partial charge in [0, 0.05) is 12.4 Å². The molecule has 0 aliphatic heterocycles. The van der Waals surface area contributed by atoms with Gasteiger partial charge in [0.25, 0.3) is 5.91 Å². The van der Waals surface area contributed by atoms with Crippen molar-refractivity contribution in [1.82, 2.24) is 10.3 Å². The first kappa shape index (κ1) is 16.7. The zero-order chi connectivity index (χ0) is 16.3. The quantitative estimate of drug-likeness (QED) is 0.895. The number of carbonyl (C=O) groups is 1. The van der Waals surface area contributed by atoms with E-state index in [0.29, 0.717) is 0 Å². The zero-order valence-electron chi connectivity index (χ0n) is 12.2. The average molecular weight is 339 g/mol. The van der Waals surface area contributed by atoms with Crippen LogP contribution in [0.1, 0.15) is 34.5 Å². The van der Waals surface area contributed by atoms with Crippen LogP contribution in [0, 0.1) is 6.92 Å². The number of aryl methyl sites for hydroxylation is 1. The monoisotopic (exact) mass is 338 g/mol. The summed E-state index contributed by atoms with van der Waals surface area (Å²) >= 11 is 12.0. The van der Waals surface area contributed by atoms with E-state index < -0.39 is 18.1 Å². The van der Waals surface area contributed by atoms with Crippen molar-refractivity contribution in [3.8, 4) is 0 Å². The predicted octanol–water partition coefficient (Wildman–Crippen LogP) is 3.55. The Kier molecular flexibility index (Phi) is 5.40. The standard InChI is InChI=1S/C16H16Cl2N2O2/c1-9-3-5-11(6-4-9)15(10(2)21)20-16(22)14-12(17)7-19-8-13(14)18/h3-8,10,15,21H,1-2H3,(H,20,22). The van der Waals surface area contributed by atoms with E-state index in [1.807, 2.05) is 31.2 Å². The third-order valence-electron chi connectivity index (χ3n) is 3.29. The molecule has 0 spiro atoms. The first-order valence-electron chi connectivity index (χ1n) is 6.74. The number of amides is 1. The summed E-state index contributed by atoms with van der Waals surface area (Å²) in [5, 5.41) is 13.1. The number of aliphatic hydroxyl groups is 1. The Morgan fingerprint density at radius 1 is 1.18 bits per heavy atom. The number of carbonyl (C=O) groups excluding carboxylic acids is 1. The second-order valence-electron chi connectivity index (χ2n) is 5.08. The van der Waals surface area contributed by atoms with E-state index in [1.54, 1.807) is 6.92 Å². The molecule has 0 fully saturated rings. The van der Waals surface area contributed by atoms with Crippen molar-refractivity contribution in [2.45, 2.75) is 26.0 Å². The van der Waals surface area contributed by atoms with Crippen LogP contribution < -0.4 is 5.32 Å². The van der Waals surface area contributed by atoms with Gasteiger partial charge in [-0.1, -0.05) is 53.0 Å². The molecular formula is C16H16Cl2N2O2. The minimum absolute atomic E-state index is 0.149. The van der Waals surface area contributed by atoms with Crippen LogP contribution in [0.5, 0.6) is 0 Å². The lowest BCUT2D eigenvalue weighted by atomic mass is 10.0. The van der Waals surface area contributed by atoms with Crippen LogP contribution in [0.2, 0.25) is 10.0 Å². The van der Waals surface area contributed by atoms with Crippen molar-refractivity contribution >= 4 is 29.1 Å². The second kappa shape index (κ2) is 7.09. The number of benzene rings is 1. The summed E-state index contributed by atoms with van der Waals surface area (Å²) in [7, 11) is 0. The molecule has 0 aliphatic rings. The highest BCUT2D eigenvalue weighted by atomic mass is 35.5. The molecule has 0 bridgehead atoms. The molecule has 2 aromatic rings. The van der Waals surface area contributed by atoms with Gasteiger partial charge in [-0.2, -0.15) is 0 Å². The molecule has 22 heavy (non-hydrogen) atoms. The number of pyridine rings is 1. The molecule has 2 atom stereocenters. The van der Waals surface area contributed by atoms with Crippen molar-refractivity contribution in [2.24, 2.45) is 0 Å². The Hall–Kier alpha value is -1.62. The highest BCUT2D eigenvalue weighted by molar-refractivity contribution is 6.39. The van der Waals surface area contributed by atoms with Crippen molar-refractivity contribution < 1.29 is 9.90 Å². The molecule has 1 aromatic carbocycles. The fraction of sp³-hybridized carbons (Fsp3) is 0.250.